The summed E-state index contributed by atoms with van der Waals surface area (Å²) in [6, 6.07) is 19.0. The molecule has 172 valence electrons. The highest BCUT2D eigenvalue weighted by Crippen LogP contribution is 2.37. The molecule has 1 N–H and O–H groups in total. The number of carbonyl (C=O) groups is 1. The van der Waals surface area contributed by atoms with Crippen LogP contribution in [0.15, 0.2) is 73.1 Å². The minimum absolute atomic E-state index is 0.104. The number of carbonyl (C=O) groups excluding carboxylic acids is 1. The number of pyridine rings is 1. The van der Waals surface area contributed by atoms with Crippen LogP contribution in [0.2, 0.25) is 0 Å². The zero-order valence-corrected chi connectivity index (χ0v) is 19.4. The van der Waals surface area contributed by atoms with Gasteiger partial charge < -0.3 is 5.32 Å². The highest BCUT2D eigenvalue weighted by atomic mass is 19.1. The van der Waals surface area contributed by atoms with E-state index in [0.29, 0.717) is 12.0 Å². The van der Waals surface area contributed by atoms with Gasteiger partial charge in [0, 0.05) is 30.5 Å². The summed E-state index contributed by atoms with van der Waals surface area (Å²) in [5.41, 5.74) is 3.37. The minimum Gasteiger partial charge on any atom is -0.353 e. The molecule has 0 aliphatic carbocycles. The first-order valence-corrected chi connectivity index (χ1v) is 11.7. The Balaban J connectivity index is 1.49. The van der Waals surface area contributed by atoms with Crippen LogP contribution >= 0.6 is 0 Å². The van der Waals surface area contributed by atoms with Crippen LogP contribution in [0.5, 0.6) is 0 Å². The van der Waals surface area contributed by atoms with Crippen molar-refractivity contribution >= 4 is 5.91 Å². The van der Waals surface area contributed by atoms with E-state index in [-0.39, 0.29) is 17.8 Å². The molecule has 4 rings (SSSR count). The van der Waals surface area contributed by atoms with Crippen molar-refractivity contribution in [2.45, 2.75) is 45.7 Å². The molecule has 0 saturated carbocycles. The average Bonchev–Trinajstić information content (AvgIpc) is 2.82. The SMILES string of the molecule is CC(C)NC(=O)C1(Cc2ccc(-c3ccccc3F)cc2)CCN(Cc2ccncc2)CC1. The van der Waals surface area contributed by atoms with Crippen molar-refractivity contribution < 1.29 is 9.18 Å². The van der Waals surface area contributed by atoms with Gasteiger partial charge >= 0.3 is 0 Å². The second kappa shape index (κ2) is 10.3. The van der Waals surface area contributed by atoms with Gasteiger partial charge in [-0.1, -0.05) is 42.5 Å². The largest absolute Gasteiger partial charge is 0.353 e. The highest BCUT2D eigenvalue weighted by Gasteiger charge is 2.41. The molecule has 1 amide bonds. The monoisotopic (exact) mass is 445 g/mol. The normalized spacial score (nSPS) is 16.0. The molecular weight excluding hydrogens is 413 g/mol. The first kappa shape index (κ1) is 23.1. The van der Waals surface area contributed by atoms with Gasteiger partial charge in [-0.25, -0.2) is 4.39 Å². The fraction of sp³-hybridized carbons (Fsp3) is 0.357. The number of halogens is 1. The van der Waals surface area contributed by atoms with E-state index in [0.717, 1.165) is 43.6 Å². The van der Waals surface area contributed by atoms with Crippen LogP contribution in [0, 0.1) is 11.2 Å². The molecule has 5 heteroatoms. The fourth-order valence-electron chi connectivity index (χ4n) is 4.67. The third-order valence-corrected chi connectivity index (χ3v) is 6.55. The average molecular weight is 446 g/mol. The Kier molecular flexibility index (Phi) is 7.19. The maximum atomic E-state index is 14.2. The number of nitrogens with zero attached hydrogens (tertiary/aromatic N) is 2. The number of aromatic nitrogens is 1. The Hall–Kier alpha value is -3.05. The summed E-state index contributed by atoms with van der Waals surface area (Å²) in [7, 11) is 0. The third-order valence-electron chi connectivity index (χ3n) is 6.55. The quantitative estimate of drug-likeness (QED) is 0.541. The van der Waals surface area contributed by atoms with Crippen LogP contribution < -0.4 is 5.32 Å². The van der Waals surface area contributed by atoms with Gasteiger partial charge in [0.1, 0.15) is 5.82 Å². The van der Waals surface area contributed by atoms with E-state index in [2.05, 4.69) is 15.2 Å². The summed E-state index contributed by atoms with van der Waals surface area (Å²) in [5.74, 6) is -0.0844. The van der Waals surface area contributed by atoms with Crippen LogP contribution in [0.25, 0.3) is 11.1 Å². The summed E-state index contributed by atoms with van der Waals surface area (Å²) in [5, 5.41) is 3.17. The maximum Gasteiger partial charge on any atom is 0.226 e. The van der Waals surface area contributed by atoms with Crippen LogP contribution in [-0.2, 0) is 17.8 Å². The molecule has 2 heterocycles. The van der Waals surface area contributed by atoms with E-state index in [1.165, 1.54) is 11.6 Å². The Labute approximate surface area is 195 Å². The Morgan fingerprint density at radius 1 is 1.00 bits per heavy atom. The number of amides is 1. The first-order chi connectivity index (χ1) is 15.9. The van der Waals surface area contributed by atoms with Crippen LogP contribution in [0.1, 0.15) is 37.8 Å². The molecule has 1 aliphatic heterocycles. The molecule has 0 bridgehead atoms. The lowest BCUT2D eigenvalue weighted by molar-refractivity contribution is -0.134. The van der Waals surface area contributed by atoms with E-state index < -0.39 is 5.41 Å². The van der Waals surface area contributed by atoms with Crippen LogP contribution in [0.3, 0.4) is 0 Å². The van der Waals surface area contributed by atoms with E-state index >= 15 is 0 Å². The van der Waals surface area contributed by atoms with Crippen molar-refractivity contribution in [2.75, 3.05) is 13.1 Å². The summed E-state index contributed by atoms with van der Waals surface area (Å²) in [6.07, 6.45) is 5.96. The van der Waals surface area contributed by atoms with Crippen molar-refractivity contribution in [2.24, 2.45) is 5.41 Å². The molecule has 0 unspecified atom stereocenters. The highest BCUT2D eigenvalue weighted by molar-refractivity contribution is 5.83. The predicted octanol–water partition coefficient (Wildman–Crippen LogP) is 5.24. The van der Waals surface area contributed by atoms with Crippen molar-refractivity contribution in [3.8, 4) is 11.1 Å². The first-order valence-electron chi connectivity index (χ1n) is 11.7. The molecular formula is C28H32FN3O. The lowest BCUT2D eigenvalue weighted by Gasteiger charge is -2.41. The number of nitrogens with one attached hydrogen (secondary N) is 1. The molecule has 4 nitrogen and oxygen atoms in total. The van der Waals surface area contributed by atoms with E-state index in [1.807, 2.05) is 68.7 Å². The third kappa shape index (κ3) is 5.66. The van der Waals surface area contributed by atoms with Gasteiger partial charge in [0.25, 0.3) is 0 Å². The van der Waals surface area contributed by atoms with Crippen LogP contribution in [0.4, 0.5) is 4.39 Å². The Morgan fingerprint density at radius 3 is 2.30 bits per heavy atom. The van der Waals surface area contributed by atoms with Gasteiger partial charge in [-0.3, -0.25) is 14.7 Å². The molecule has 1 fully saturated rings. The molecule has 0 spiro atoms. The van der Waals surface area contributed by atoms with Gasteiger partial charge in [-0.2, -0.15) is 0 Å². The molecule has 33 heavy (non-hydrogen) atoms. The molecule has 1 aliphatic rings. The van der Waals surface area contributed by atoms with Crippen molar-refractivity contribution in [3.05, 3.63) is 90.0 Å². The molecule has 0 radical (unpaired) electrons. The Bertz CT molecular complexity index is 1060. The van der Waals surface area contributed by atoms with E-state index in [4.69, 9.17) is 0 Å². The lowest BCUT2D eigenvalue weighted by atomic mass is 9.72. The van der Waals surface area contributed by atoms with E-state index in [1.54, 1.807) is 12.1 Å². The zero-order chi connectivity index (χ0) is 23.3. The fourth-order valence-corrected chi connectivity index (χ4v) is 4.67. The second-order valence-electron chi connectivity index (χ2n) is 9.39. The van der Waals surface area contributed by atoms with Gasteiger partial charge in [0.2, 0.25) is 5.91 Å². The Morgan fingerprint density at radius 2 is 1.67 bits per heavy atom. The van der Waals surface area contributed by atoms with Gasteiger partial charge in [-0.15, -0.1) is 0 Å². The molecule has 1 aromatic heterocycles. The van der Waals surface area contributed by atoms with Crippen molar-refractivity contribution in [3.63, 3.8) is 0 Å². The number of hydrogen-bond donors (Lipinski definition) is 1. The molecule has 2 aromatic carbocycles. The summed E-state index contributed by atoms with van der Waals surface area (Å²) in [4.78, 5) is 19.9. The number of benzene rings is 2. The van der Waals surface area contributed by atoms with Crippen molar-refractivity contribution in [1.82, 2.24) is 15.2 Å². The summed E-state index contributed by atoms with van der Waals surface area (Å²) in [6.45, 7) is 6.64. The second-order valence-corrected chi connectivity index (χ2v) is 9.39. The lowest BCUT2D eigenvalue weighted by Crippen LogP contribution is -2.51. The molecule has 1 saturated heterocycles. The van der Waals surface area contributed by atoms with E-state index in [9.17, 15) is 9.18 Å². The summed E-state index contributed by atoms with van der Waals surface area (Å²) >= 11 is 0. The van der Waals surface area contributed by atoms with Gasteiger partial charge in [0.05, 0.1) is 5.41 Å². The summed E-state index contributed by atoms with van der Waals surface area (Å²) < 4.78 is 14.2. The van der Waals surface area contributed by atoms with Gasteiger partial charge in [0.15, 0.2) is 0 Å². The number of rotatable bonds is 7. The topological polar surface area (TPSA) is 45.2 Å². The predicted molar refractivity (Wildman–Crippen MR) is 130 cm³/mol. The molecule has 3 aromatic rings. The maximum absolute atomic E-state index is 14.2. The number of likely N-dealkylation sites (tertiary alicyclic amines) is 1. The van der Waals surface area contributed by atoms with Crippen molar-refractivity contribution in [1.29, 1.82) is 0 Å². The van der Waals surface area contributed by atoms with Gasteiger partial charge in [-0.05, 0) is 81.1 Å². The number of hydrogen-bond acceptors (Lipinski definition) is 3. The minimum atomic E-state index is -0.432. The smallest absolute Gasteiger partial charge is 0.226 e. The zero-order valence-electron chi connectivity index (χ0n) is 19.4. The standard InChI is InChI=1S/C28H32FN3O/c1-21(2)31-27(33)28(13-17-32(18-14-28)20-23-11-15-30-16-12-23)19-22-7-9-24(10-8-22)25-5-3-4-6-26(25)29/h3-12,15-16,21H,13-14,17-20H2,1-2H3,(H,31,33). The molecule has 0 atom stereocenters. The number of piperidine rings is 1. The van der Waals surface area contributed by atoms with Crippen LogP contribution in [-0.4, -0.2) is 34.9 Å².